The summed E-state index contributed by atoms with van der Waals surface area (Å²) < 4.78 is 0. The van der Waals surface area contributed by atoms with E-state index >= 15 is 0 Å². The van der Waals surface area contributed by atoms with Crippen LogP contribution in [0, 0.1) is 0 Å². The Kier molecular flexibility index (Phi) is 9.78. The summed E-state index contributed by atoms with van der Waals surface area (Å²) in [4.78, 5) is 3.44. The Bertz CT molecular complexity index is 122. The van der Waals surface area contributed by atoms with E-state index in [-0.39, 0.29) is 12.4 Å². The lowest BCUT2D eigenvalue weighted by molar-refractivity contribution is 1.52. The molecular formula is C4H5Cl2NS. The van der Waals surface area contributed by atoms with Crippen LogP contribution < -0.4 is 0 Å². The quantitative estimate of drug-likeness (QED) is 0.435. The number of nitrogens with zero attached hydrogens (tertiary/aromatic N) is 1. The van der Waals surface area contributed by atoms with Gasteiger partial charge in [-0.1, -0.05) is 11.6 Å². The number of isothiocyanates is 1. The molecule has 0 fully saturated rings. The van der Waals surface area contributed by atoms with E-state index in [2.05, 4.69) is 22.4 Å². The lowest BCUT2D eigenvalue weighted by Gasteiger charge is -1.72. The number of halogens is 2. The van der Waals surface area contributed by atoms with Crippen LogP contribution in [0.2, 0.25) is 0 Å². The standard InChI is InChI=1S/C4H4ClNS.ClH/c1-4(5)2-6-3-7;/h2H,1H3;1H. The Labute approximate surface area is 64.9 Å². The topological polar surface area (TPSA) is 12.4 Å². The van der Waals surface area contributed by atoms with Gasteiger partial charge >= 0.3 is 0 Å². The molecule has 0 saturated carbocycles. The van der Waals surface area contributed by atoms with Crippen molar-refractivity contribution in [3.63, 3.8) is 0 Å². The Morgan fingerprint density at radius 2 is 2.38 bits per heavy atom. The molecule has 0 bridgehead atoms. The highest BCUT2D eigenvalue weighted by Gasteiger charge is 1.69. The van der Waals surface area contributed by atoms with Crippen LogP contribution in [-0.4, -0.2) is 5.16 Å². The largest absolute Gasteiger partial charge is 0.202 e. The third-order valence-electron chi connectivity index (χ3n) is 0.295. The van der Waals surface area contributed by atoms with Gasteiger partial charge in [-0.2, -0.15) is 0 Å². The number of aliphatic imine (C=N–C) groups is 1. The minimum atomic E-state index is 0. The number of allylic oxidation sites excluding steroid dienone is 1. The van der Waals surface area contributed by atoms with Crippen molar-refractivity contribution in [2.24, 2.45) is 4.99 Å². The van der Waals surface area contributed by atoms with Crippen LogP contribution in [0.3, 0.4) is 0 Å². The molecule has 0 N–H and O–H groups in total. The molecule has 0 heterocycles. The Morgan fingerprint density at radius 3 is 2.50 bits per heavy atom. The maximum absolute atomic E-state index is 5.34. The van der Waals surface area contributed by atoms with Crippen molar-refractivity contribution in [3.8, 4) is 0 Å². The van der Waals surface area contributed by atoms with Gasteiger partial charge in [0.15, 0.2) is 0 Å². The molecule has 0 aromatic rings. The van der Waals surface area contributed by atoms with Crippen molar-refractivity contribution in [3.05, 3.63) is 11.2 Å². The van der Waals surface area contributed by atoms with Gasteiger partial charge in [0.2, 0.25) is 0 Å². The fraction of sp³-hybridized carbons (Fsp3) is 0.250. The van der Waals surface area contributed by atoms with E-state index in [9.17, 15) is 0 Å². The van der Waals surface area contributed by atoms with Gasteiger partial charge in [-0.25, -0.2) is 4.99 Å². The van der Waals surface area contributed by atoms with Crippen molar-refractivity contribution in [1.82, 2.24) is 0 Å². The highest BCUT2D eigenvalue weighted by molar-refractivity contribution is 7.78. The fourth-order valence-corrected chi connectivity index (χ4v) is 0.217. The molecule has 46 valence electrons. The molecule has 0 aliphatic carbocycles. The number of hydrogen-bond donors (Lipinski definition) is 0. The van der Waals surface area contributed by atoms with Crippen molar-refractivity contribution >= 4 is 41.4 Å². The molecule has 1 nitrogen and oxygen atoms in total. The summed E-state index contributed by atoms with van der Waals surface area (Å²) in [5.41, 5.74) is 0. The van der Waals surface area contributed by atoms with Gasteiger partial charge < -0.3 is 0 Å². The second-order valence-corrected chi connectivity index (χ2v) is 1.72. The van der Waals surface area contributed by atoms with Gasteiger partial charge in [0.25, 0.3) is 0 Å². The zero-order valence-corrected chi connectivity index (χ0v) is 6.61. The summed E-state index contributed by atoms with van der Waals surface area (Å²) >= 11 is 9.59. The summed E-state index contributed by atoms with van der Waals surface area (Å²) in [7, 11) is 0. The molecule has 0 aliphatic rings. The summed E-state index contributed by atoms with van der Waals surface area (Å²) in [5.74, 6) is 0. The number of hydrogen-bond acceptors (Lipinski definition) is 2. The average Bonchev–Trinajstić information content (AvgIpc) is 1.61. The van der Waals surface area contributed by atoms with Gasteiger partial charge in [0.05, 0.1) is 11.4 Å². The number of thiocarbonyl (C=S) groups is 1. The minimum absolute atomic E-state index is 0. The van der Waals surface area contributed by atoms with Crippen LogP contribution in [0.4, 0.5) is 0 Å². The van der Waals surface area contributed by atoms with E-state index in [4.69, 9.17) is 11.6 Å². The highest BCUT2D eigenvalue weighted by Crippen LogP contribution is 1.95. The fourth-order valence-electron chi connectivity index (χ4n) is 0.115. The maximum Gasteiger partial charge on any atom is 0.0635 e. The molecule has 0 radical (unpaired) electrons. The zero-order valence-electron chi connectivity index (χ0n) is 4.22. The van der Waals surface area contributed by atoms with E-state index < -0.39 is 0 Å². The molecule has 0 aliphatic heterocycles. The summed E-state index contributed by atoms with van der Waals surface area (Å²) in [6, 6.07) is 0. The number of rotatable bonds is 1. The highest BCUT2D eigenvalue weighted by atomic mass is 35.5. The molecule has 0 spiro atoms. The smallest absolute Gasteiger partial charge is 0.0635 e. The third-order valence-corrected chi connectivity index (χ3v) is 0.498. The summed E-state index contributed by atoms with van der Waals surface area (Å²) in [5, 5.41) is 2.76. The predicted octanol–water partition coefficient (Wildman–Crippen LogP) is 2.61. The van der Waals surface area contributed by atoms with Crippen molar-refractivity contribution in [2.45, 2.75) is 6.92 Å². The minimum Gasteiger partial charge on any atom is -0.202 e. The lowest BCUT2D eigenvalue weighted by atomic mass is 10.7. The SMILES string of the molecule is CC(Cl)=CN=C=S.Cl. The van der Waals surface area contributed by atoms with E-state index in [1.165, 1.54) is 6.20 Å². The first-order valence-corrected chi connectivity index (χ1v) is 2.45. The van der Waals surface area contributed by atoms with Crippen molar-refractivity contribution in [2.75, 3.05) is 0 Å². The van der Waals surface area contributed by atoms with Crippen molar-refractivity contribution in [1.29, 1.82) is 0 Å². The monoisotopic (exact) mass is 169 g/mol. The zero-order chi connectivity index (χ0) is 5.70. The predicted molar refractivity (Wildman–Crippen MR) is 41.9 cm³/mol. The van der Waals surface area contributed by atoms with Gasteiger partial charge in [0, 0.05) is 5.03 Å². The Balaban J connectivity index is 0. The van der Waals surface area contributed by atoms with Gasteiger partial charge in [0.1, 0.15) is 0 Å². The molecule has 0 rings (SSSR count). The van der Waals surface area contributed by atoms with Gasteiger partial charge in [-0.05, 0) is 19.1 Å². The molecule has 0 aromatic heterocycles. The third kappa shape index (κ3) is 9.45. The van der Waals surface area contributed by atoms with Crippen LogP contribution in [0.15, 0.2) is 16.2 Å². The Morgan fingerprint density at radius 1 is 1.88 bits per heavy atom. The maximum atomic E-state index is 5.34. The van der Waals surface area contributed by atoms with E-state index in [1.807, 2.05) is 0 Å². The molecule has 0 unspecified atom stereocenters. The molecule has 8 heavy (non-hydrogen) atoms. The molecule has 4 heteroatoms. The van der Waals surface area contributed by atoms with E-state index in [0.717, 1.165) is 0 Å². The lowest BCUT2D eigenvalue weighted by Crippen LogP contribution is -1.51. The van der Waals surface area contributed by atoms with Crippen LogP contribution in [0.5, 0.6) is 0 Å². The molecular weight excluding hydrogens is 165 g/mol. The second-order valence-electron chi connectivity index (χ2n) is 0.936. The van der Waals surface area contributed by atoms with E-state index in [1.54, 1.807) is 6.92 Å². The average molecular weight is 170 g/mol. The van der Waals surface area contributed by atoms with Crippen LogP contribution in [-0.2, 0) is 0 Å². The van der Waals surface area contributed by atoms with Crippen LogP contribution in [0.25, 0.3) is 0 Å². The second kappa shape index (κ2) is 7.12. The molecule has 0 atom stereocenters. The van der Waals surface area contributed by atoms with Gasteiger partial charge in [-0.3, -0.25) is 0 Å². The first-order valence-electron chi connectivity index (χ1n) is 1.66. The summed E-state index contributed by atoms with van der Waals surface area (Å²) in [6.45, 7) is 1.72. The molecule has 0 amide bonds. The first-order chi connectivity index (χ1) is 3.27. The Hall–Kier alpha value is 0.120. The van der Waals surface area contributed by atoms with Gasteiger partial charge in [-0.15, -0.1) is 12.4 Å². The normalized spacial score (nSPS) is 9.00. The van der Waals surface area contributed by atoms with E-state index in [0.29, 0.717) is 5.03 Å². The van der Waals surface area contributed by atoms with Crippen molar-refractivity contribution < 1.29 is 0 Å². The molecule has 0 saturated heterocycles. The summed E-state index contributed by atoms with van der Waals surface area (Å²) in [6.07, 6.45) is 1.44. The van der Waals surface area contributed by atoms with Crippen LogP contribution >= 0.6 is 36.2 Å². The first kappa shape index (κ1) is 11.0. The molecule has 0 aromatic carbocycles. The van der Waals surface area contributed by atoms with Crippen LogP contribution in [0.1, 0.15) is 6.92 Å².